The Balaban J connectivity index is 1.93. The van der Waals surface area contributed by atoms with Crippen molar-refractivity contribution in [3.8, 4) is 0 Å². The van der Waals surface area contributed by atoms with Gasteiger partial charge in [-0.25, -0.2) is 8.42 Å². The third-order valence-corrected chi connectivity index (χ3v) is 6.40. The number of benzene rings is 1. The molecule has 1 aromatic rings. The largest absolute Gasteiger partial charge is 0.356 e. The van der Waals surface area contributed by atoms with Crippen LogP contribution in [0.5, 0.6) is 0 Å². The van der Waals surface area contributed by atoms with Crippen LogP contribution < -0.4 is 5.32 Å². The number of nitrogens with one attached hydrogen (secondary N) is 1. The summed E-state index contributed by atoms with van der Waals surface area (Å²) in [5, 5.41) is 2.59. The molecule has 1 N–H and O–H groups in total. The van der Waals surface area contributed by atoms with E-state index in [0.29, 0.717) is 25.6 Å². The van der Waals surface area contributed by atoms with Crippen molar-refractivity contribution in [3.63, 3.8) is 0 Å². The Kier molecular flexibility index (Phi) is 6.77. The minimum atomic E-state index is -3.54. The molecule has 26 heavy (non-hydrogen) atoms. The lowest BCUT2D eigenvalue weighted by molar-refractivity contribution is -0.132. The average Bonchev–Trinajstić information content (AvgIpc) is 2.61. The summed E-state index contributed by atoms with van der Waals surface area (Å²) in [6.45, 7) is 7.11. The summed E-state index contributed by atoms with van der Waals surface area (Å²) in [7, 11) is -3.54. The topological polar surface area (TPSA) is 86.8 Å². The minimum Gasteiger partial charge on any atom is -0.356 e. The molecule has 7 nitrogen and oxygen atoms in total. The Morgan fingerprint density at radius 1 is 1.08 bits per heavy atom. The Bertz CT molecular complexity index is 736. The highest BCUT2D eigenvalue weighted by Crippen LogP contribution is 2.21. The molecule has 2 rings (SSSR count). The fraction of sp³-hybridized carbons (Fsp3) is 0.556. The summed E-state index contributed by atoms with van der Waals surface area (Å²) in [6, 6.07) is 6.99. The van der Waals surface area contributed by atoms with E-state index in [0.717, 1.165) is 5.56 Å². The fourth-order valence-electron chi connectivity index (χ4n) is 2.86. The van der Waals surface area contributed by atoms with Gasteiger partial charge in [0.25, 0.3) is 0 Å². The SMILES string of the molecule is CC(=O)NCCC(=O)N1CCN(S(=O)(=O)c2ccc(C(C)C)cc2)CC1. The van der Waals surface area contributed by atoms with Crippen molar-refractivity contribution in [2.24, 2.45) is 0 Å². The lowest BCUT2D eigenvalue weighted by atomic mass is 10.0. The van der Waals surface area contributed by atoms with Crippen molar-refractivity contribution < 1.29 is 18.0 Å². The van der Waals surface area contributed by atoms with Gasteiger partial charge in [0, 0.05) is 46.1 Å². The van der Waals surface area contributed by atoms with Crippen LogP contribution in [0, 0.1) is 0 Å². The zero-order chi connectivity index (χ0) is 19.3. The molecule has 1 aromatic carbocycles. The van der Waals surface area contributed by atoms with Crippen molar-refractivity contribution in [1.29, 1.82) is 0 Å². The van der Waals surface area contributed by atoms with E-state index < -0.39 is 10.0 Å². The molecule has 0 bridgehead atoms. The molecule has 8 heteroatoms. The summed E-state index contributed by atoms with van der Waals surface area (Å²) < 4.78 is 27.0. The monoisotopic (exact) mass is 381 g/mol. The maximum Gasteiger partial charge on any atom is 0.243 e. The van der Waals surface area contributed by atoms with E-state index in [-0.39, 0.29) is 36.2 Å². The highest BCUT2D eigenvalue weighted by molar-refractivity contribution is 7.89. The van der Waals surface area contributed by atoms with Crippen LogP contribution in [0.1, 0.15) is 38.7 Å². The van der Waals surface area contributed by atoms with E-state index in [9.17, 15) is 18.0 Å². The summed E-state index contributed by atoms with van der Waals surface area (Å²) >= 11 is 0. The number of amides is 2. The summed E-state index contributed by atoms with van der Waals surface area (Å²) in [5.41, 5.74) is 1.10. The van der Waals surface area contributed by atoms with Gasteiger partial charge in [0.2, 0.25) is 21.8 Å². The number of rotatable bonds is 6. The number of hydrogen-bond acceptors (Lipinski definition) is 4. The Morgan fingerprint density at radius 3 is 2.15 bits per heavy atom. The van der Waals surface area contributed by atoms with Gasteiger partial charge in [-0.05, 0) is 23.6 Å². The number of sulfonamides is 1. The molecular formula is C18H27N3O4S. The van der Waals surface area contributed by atoms with Crippen LogP contribution in [0.4, 0.5) is 0 Å². The summed E-state index contributed by atoms with van der Waals surface area (Å²) in [6.07, 6.45) is 0.225. The molecule has 144 valence electrons. The standard InChI is InChI=1S/C18H27N3O4S/c1-14(2)16-4-6-17(7-5-16)26(24,25)21-12-10-20(11-13-21)18(23)8-9-19-15(3)22/h4-7,14H,8-13H2,1-3H3,(H,19,22). The van der Waals surface area contributed by atoms with Gasteiger partial charge in [-0.2, -0.15) is 4.31 Å². The molecule has 2 amide bonds. The molecule has 1 heterocycles. The van der Waals surface area contributed by atoms with E-state index in [4.69, 9.17) is 0 Å². The molecule has 0 spiro atoms. The Morgan fingerprint density at radius 2 is 1.65 bits per heavy atom. The van der Waals surface area contributed by atoms with Crippen LogP contribution in [-0.2, 0) is 19.6 Å². The van der Waals surface area contributed by atoms with Gasteiger partial charge in [-0.1, -0.05) is 26.0 Å². The molecule has 1 aliphatic rings. The first kappa shape index (κ1) is 20.4. The summed E-state index contributed by atoms with van der Waals surface area (Å²) in [4.78, 5) is 24.9. The number of carbonyl (C=O) groups is 2. The smallest absolute Gasteiger partial charge is 0.243 e. The molecule has 0 aliphatic carbocycles. The fourth-order valence-corrected chi connectivity index (χ4v) is 4.28. The van der Waals surface area contributed by atoms with E-state index in [1.54, 1.807) is 17.0 Å². The minimum absolute atomic E-state index is 0.0721. The van der Waals surface area contributed by atoms with Gasteiger partial charge in [0.1, 0.15) is 0 Å². The van der Waals surface area contributed by atoms with E-state index in [1.807, 2.05) is 12.1 Å². The molecule has 0 radical (unpaired) electrons. The lowest BCUT2D eigenvalue weighted by Crippen LogP contribution is -2.50. The van der Waals surface area contributed by atoms with Gasteiger partial charge < -0.3 is 10.2 Å². The second-order valence-corrected chi connectivity index (χ2v) is 8.68. The van der Waals surface area contributed by atoms with Crippen LogP contribution in [-0.4, -0.2) is 62.2 Å². The third kappa shape index (κ3) is 5.04. The lowest BCUT2D eigenvalue weighted by Gasteiger charge is -2.34. The van der Waals surface area contributed by atoms with Crippen LogP contribution in [0.2, 0.25) is 0 Å². The normalized spacial score (nSPS) is 15.9. The van der Waals surface area contributed by atoms with Crippen molar-refractivity contribution in [2.75, 3.05) is 32.7 Å². The highest BCUT2D eigenvalue weighted by Gasteiger charge is 2.29. The number of nitrogens with zero attached hydrogens (tertiary/aromatic N) is 2. The molecule has 1 aliphatic heterocycles. The first-order valence-corrected chi connectivity index (χ1v) is 10.3. The molecule has 1 fully saturated rings. The van der Waals surface area contributed by atoms with E-state index in [2.05, 4.69) is 19.2 Å². The van der Waals surface area contributed by atoms with Gasteiger partial charge in [-0.3, -0.25) is 9.59 Å². The van der Waals surface area contributed by atoms with Crippen molar-refractivity contribution in [3.05, 3.63) is 29.8 Å². The second kappa shape index (κ2) is 8.64. The molecule has 0 unspecified atom stereocenters. The van der Waals surface area contributed by atoms with Gasteiger partial charge >= 0.3 is 0 Å². The molecular weight excluding hydrogens is 354 g/mol. The predicted molar refractivity (Wildman–Crippen MR) is 99.2 cm³/mol. The molecule has 0 aromatic heterocycles. The van der Waals surface area contributed by atoms with Crippen LogP contribution in [0.25, 0.3) is 0 Å². The maximum atomic E-state index is 12.8. The zero-order valence-electron chi connectivity index (χ0n) is 15.6. The van der Waals surface area contributed by atoms with Crippen molar-refractivity contribution >= 4 is 21.8 Å². The van der Waals surface area contributed by atoms with Crippen LogP contribution >= 0.6 is 0 Å². The zero-order valence-corrected chi connectivity index (χ0v) is 16.4. The first-order chi connectivity index (χ1) is 12.2. The summed E-state index contributed by atoms with van der Waals surface area (Å²) in [5.74, 6) is 0.105. The van der Waals surface area contributed by atoms with Crippen LogP contribution in [0.15, 0.2) is 29.2 Å². The van der Waals surface area contributed by atoms with Crippen LogP contribution in [0.3, 0.4) is 0 Å². The van der Waals surface area contributed by atoms with Gasteiger partial charge in [0.15, 0.2) is 0 Å². The molecule has 0 atom stereocenters. The van der Waals surface area contributed by atoms with E-state index >= 15 is 0 Å². The number of piperazine rings is 1. The maximum absolute atomic E-state index is 12.8. The number of hydrogen-bond donors (Lipinski definition) is 1. The Labute approximate surface area is 155 Å². The Hall–Kier alpha value is -1.93. The molecule has 1 saturated heterocycles. The molecule has 0 saturated carbocycles. The van der Waals surface area contributed by atoms with Gasteiger partial charge in [-0.15, -0.1) is 0 Å². The highest BCUT2D eigenvalue weighted by atomic mass is 32.2. The van der Waals surface area contributed by atoms with Crippen molar-refractivity contribution in [2.45, 2.75) is 38.0 Å². The average molecular weight is 381 g/mol. The number of carbonyl (C=O) groups excluding carboxylic acids is 2. The predicted octanol–water partition coefficient (Wildman–Crippen LogP) is 1.17. The second-order valence-electron chi connectivity index (χ2n) is 6.74. The van der Waals surface area contributed by atoms with E-state index in [1.165, 1.54) is 11.2 Å². The quantitative estimate of drug-likeness (QED) is 0.801. The first-order valence-electron chi connectivity index (χ1n) is 8.84. The van der Waals surface area contributed by atoms with Crippen molar-refractivity contribution in [1.82, 2.24) is 14.5 Å². The van der Waals surface area contributed by atoms with Gasteiger partial charge in [0.05, 0.1) is 4.90 Å². The third-order valence-electron chi connectivity index (χ3n) is 4.49.